The van der Waals surface area contributed by atoms with E-state index in [2.05, 4.69) is 5.16 Å². The van der Waals surface area contributed by atoms with Crippen LogP contribution in [0.2, 0.25) is 15.1 Å². The van der Waals surface area contributed by atoms with Crippen LogP contribution in [0.4, 0.5) is 0 Å². The molecule has 1 amide bonds. The first kappa shape index (κ1) is 20.1. The number of aromatic nitrogens is 1. The smallest absolute Gasteiger partial charge is 0.263 e. The van der Waals surface area contributed by atoms with Crippen molar-refractivity contribution in [2.24, 2.45) is 0 Å². The van der Waals surface area contributed by atoms with Crippen molar-refractivity contribution in [3.63, 3.8) is 0 Å². The number of halogens is 3. The molecule has 8 heteroatoms. The molecule has 0 aliphatic carbocycles. The summed E-state index contributed by atoms with van der Waals surface area (Å²) >= 11 is 18.0. The standard InChI is InChI=1S/C21H17Cl3N2O3/c1-12(28-19-7-6-15(23)10-17(19)24)21(27)26-9-8-18-16(11-26)20(29-25-18)13-2-4-14(22)5-3-13/h2-7,10,12H,8-9,11H2,1H3. The highest BCUT2D eigenvalue weighted by Gasteiger charge is 2.30. The van der Waals surface area contributed by atoms with Gasteiger partial charge in [-0.05, 0) is 49.4 Å². The van der Waals surface area contributed by atoms with Crippen LogP contribution in [0.5, 0.6) is 5.75 Å². The van der Waals surface area contributed by atoms with E-state index in [1.54, 1.807) is 42.2 Å². The fraction of sp³-hybridized carbons (Fsp3) is 0.238. The first-order chi connectivity index (χ1) is 13.9. The van der Waals surface area contributed by atoms with Gasteiger partial charge in [-0.1, -0.05) is 40.0 Å². The van der Waals surface area contributed by atoms with Crippen LogP contribution in [0.15, 0.2) is 47.0 Å². The normalized spacial score (nSPS) is 14.4. The summed E-state index contributed by atoms with van der Waals surface area (Å²) in [6.45, 7) is 2.65. The lowest BCUT2D eigenvalue weighted by Gasteiger charge is -2.29. The maximum atomic E-state index is 13.0. The predicted octanol–water partition coefficient (Wildman–Crippen LogP) is 5.65. The Hall–Kier alpha value is -2.21. The van der Waals surface area contributed by atoms with Crippen molar-refractivity contribution in [3.8, 4) is 17.1 Å². The van der Waals surface area contributed by atoms with Gasteiger partial charge in [-0.3, -0.25) is 4.79 Å². The second kappa shape index (κ2) is 8.27. The van der Waals surface area contributed by atoms with Gasteiger partial charge in [0.1, 0.15) is 5.75 Å². The van der Waals surface area contributed by atoms with Crippen LogP contribution in [0.3, 0.4) is 0 Å². The molecule has 1 aliphatic heterocycles. The van der Waals surface area contributed by atoms with Crippen molar-refractivity contribution in [1.29, 1.82) is 0 Å². The molecule has 1 aromatic heterocycles. The SMILES string of the molecule is CC(Oc1ccc(Cl)cc1Cl)C(=O)N1CCc2noc(-c3ccc(Cl)cc3)c2C1. The maximum absolute atomic E-state index is 13.0. The van der Waals surface area contributed by atoms with E-state index in [0.717, 1.165) is 16.8 Å². The molecule has 0 N–H and O–H groups in total. The van der Waals surface area contributed by atoms with Gasteiger partial charge in [0.05, 0.1) is 17.3 Å². The minimum Gasteiger partial charge on any atom is -0.479 e. The summed E-state index contributed by atoms with van der Waals surface area (Å²) in [5, 5.41) is 5.69. The van der Waals surface area contributed by atoms with Gasteiger partial charge in [-0.2, -0.15) is 0 Å². The van der Waals surface area contributed by atoms with Crippen LogP contribution >= 0.6 is 34.8 Å². The summed E-state index contributed by atoms with van der Waals surface area (Å²) in [6, 6.07) is 12.2. The molecular formula is C21H17Cl3N2O3. The first-order valence-corrected chi connectivity index (χ1v) is 10.2. The van der Waals surface area contributed by atoms with Crippen LogP contribution in [0.25, 0.3) is 11.3 Å². The number of hydrogen-bond donors (Lipinski definition) is 0. The molecule has 0 bridgehead atoms. The third-order valence-corrected chi connectivity index (χ3v) is 5.58. The van der Waals surface area contributed by atoms with Gasteiger partial charge in [0.15, 0.2) is 11.9 Å². The van der Waals surface area contributed by atoms with Crippen LogP contribution < -0.4 is 4.74 Å². The minimum atomic E-state index is -0.700. The molecule has 3 aromatic rings. The second-order valence-electron chi connectivity index (χ2n) is 6.79. The lowest BCUT2D eigenvalue weighted by molar-refractivity contribution is -0.138. The molecule has 0 saturated heterocycles. The Morgan fingerprint density at radius 2 is 1.86 bits per heavy atom. The molecule has 1 atom stereocenters. The maximum Gasteiger partial charge on any atom is 0.263 e. The number of carbonyl (C=O) groups excluding carboxylic acids is 1. The van der Waals surface area contributed by atoms with E-state index < -0.39 is 6.10 Å². The first-order valence-electron chi connectivity index (χ1n) is 9.06. The molecule has 0 saturated carbocycles. The molecule has 0 fully saturated rings. The predicted molar refractivity (Wildman–Crippen MR) is 113 cm³/mol. The van der Waals surface area contributed by atoms with Crippen molar-refractivity contribution in [2.45, 2.75) is 26.0 Å². The molecule has 1 unspecified atom stereocenters. The van der Waals surface area contributed by atoms with E-state index in [1.807, 2.05) is 12.1 Å². The fourth-order valence-corrected chi connectivity index (χ4v) is 3.88. The number of nitrogens with zero attached hydrogens (tertiary/aromatic N) is 2. The topological polar surface area (TPSA) is 55.6 Å². The molecule has 2 heterocycles. The van der Waals surface area contributed by atoms with Gasteiger partial charge in [-0.25, -0.2) is 0 Å². The third kappa shape index (κ3) is 4.22. The van der Waals surface area contributed by atoms with E-state index in [-0.39, 0.29) is 5.91 Å². The number of carbonyl (C=O) groups is 1. The minimum absolute atomic E-state index is 0.134. The molecule has 1 aliphatic rings. The molecule has 5 nitrogen and oxygen atoms in total. The van der Waals surface area contributed by atoms with Crippen molar-refractivity contribution in [3.05, 3.63) is 68.8 Å². The Morgan fingerprint density at radius 3 is 2.59 bits per heavy atom. The fourth-order valence-electron chi connectivity index (χ4n) is 3.30. The zero-order valence-electron chi connectivity index (χ0n) is 15.5. The highest BCUT2D eigenvalue weighted by Crippen LogP contribution is 2.32. The molecule has 2 aromatic carbocycles. The molecule has 4 rings (SSSR count). The Labute approximate surface area is 183 Å². The lowest BCUT2D eigenvalue weighted by atomic mass is 10.0. The monoisotopic (exact) mass is 450 g/mol. The number of hydrogen-bond acceptors (Lipinski definition) is 4. The van der Waals surface area contributed by atoms with E-state index in [9.17, 15) is 4.79 Å². The van der Waals surface area contributed by atoms with Crippen molar-refractivity contribution in [2.75, 3.05) is 6.54 Å². The van der Waals surface area contributed by atoms with Gasteiger partial charge in [0.25, 0.3) is 5.91 Å². The van der Waals surface area contributed by atoms with Crippen LogP contribution in [0.1, 0.15) is 18.2 Å². The summed E-state index contributed by atoms with van der Waals surface area (Å²) in [5.41, 5.74) is 2.65. The second-order valence-corrected chi connectivity index (χ2v) is 8.07. The largest absolute Gasteiger partial charge is 0.479 e. The van der Waals surface area contributed by atoms with Crippen molar-refractivity contribution in [1.82, 2.24) is 10.1 Å². The van der Waals surface area contributed by atoms with E-state index in [0.29, 0.717) is 46.1 Å². The average Bonchev–Trinajstić information content (AvgIpc) is 3.13. The summed E-state index contributed by atoms with van der Waals surface area (Å²) in [4.78, 5) is 14.7. The number of rotatable bonds is 4. The molecular weight excluding hydrogens is 435 g/mol. The summed E-state index contributed by atoms with van der Waals surface area (Å²) in [6.07, 6.45) is -0.0823. The number of ether oxygens (including phenoxy) is 1. The van der Waals surface area contributed by atoms with Crippen molar-refractivity contribution >= 4 is 40.7 Å². The average molecular weight is 452 g/mol. The molecule has 150 valence electrons. The van der Waals surface area contributed by atoms with Crippen LogP contribution in [-0.4, -0.2) is 28.6 Å². The Kier molecular flexibility index (Phi) is 5.72. The number of benzene rings is 2. The zero-order valence-corrected chi connectivity index (χ0v) is 17.8. The Morgan fingerprint density at radius 1 is 1.14 bits per heavy atom. The van der Waals surface area contributed by atoms with E-state index in [1.165, 1.54) is 0 Å². The Bertz CT molecular complexity index is 1050. The van der Waals surface area contributed by atoms with Gasteiger partial charge >= 0.3 is 0 Å². The van der Waals surface area contributed by atoms with Gasteiger partial charge in [0.2, 0.25) is 0 Å². The highest BCUT2D eigenvalue weighted by molar-refractivity contribution is 6.35. The summed E-state index contributed by atoms with van der Waals surface area (Å²) < 4.78 is 11.3. The Balaban J connectivity index is 1.51. The number of fused-ring (bicyclic) bond motifs is 1. The van der Waals surface area contributed by atoms with E-state index in [4.69, 9.17) is 44.1 Å². The van der Waals surface area contributed by atoms with Crippen LogP contribution in [-0.2, 0) is 17.8 Å². The number of amides is 1. The van der Waals surface area contributed by atoms with Gasteiger partial charge in [0, 0.05) is 34.1 Å². The van der Waals surface area contributed by atoms with Crippen molar-refractivity contribution < 1.29 is 14.1 Å². The lowest BCUT2D eigenvalue weighted by Crippen LogP contribution is -2.43. The molecule has 29 heavy (non-hydrogen) atoms. The quantitative estimate of drug-likeness (QED) is 0.514. The van der Waals surface area contributed by atoms with Gasteiger partial charge in [-0.15, -0.1) is 0 Å². The molecule has 0 radical (unpaired) electrons. The summed E-state index contributed by atoms with van der Waals surface area (Å²) in [7, 11) is 0. The third-order valence-electron chi connectivity index (χ3n) is 4.80. The highest BCUT2D eigenvalue weighted by atomic mass is 35.5. The van der Waals surface area contributed by atoms with E-state index >= 15 is 0 Å². The zero-order chi connectivity index (χ0) is 20.5. The van der Waals surface area contributed by atoms with Crippen LogP contribution in [0, 0.1) is 0 Å². The summed E-state index contributed by atoms with van der Waals surface area (Å²) in [5.74, 6) is 0.940. The van der Waals surface area contributed by atoms with Gasteiger partial charge < -0.3 is 14.2 Å². The molecule has 0 spiro atoms.